The molecule has 0 atom stereocenters. The molecular formula is C10H6ClFN2O2. The van der Waals surface area contributed by atoms with Gasteiger partial charge in [-0.1, -0.05) is 11.6 Å². The molecule has 2 rings (SSSR count). The van der Waals surface area contributed by atoms with E-state index in [-0.39, 0.29) is 10.6 Å². The highest BCUT2D eigenvalue weighted by atomic mass is 35.5. The Morgan fingerprint density at radius 1 is 1.50 bits per heavy atom. The molecule has 0 fully saturated rings. The van der Waals surface area contributed by atoms with Gasteiger partial charge in [0, 0.05) is 6.20 Å². The third-order valence-electron chi connectivity index (χ3n) is 2.00. The van der Waals surface area contributed by atoms with Crippen LogP contribution in [0.15, 0.2) is 30.6 Å². The van der Waals surface area contributed by atoms with E-state index in [0.29, 0.717) is 5.69 Å². The first kappa shape index (κ1) is 10.6. The summed E-state index contributed by atoms with van der Waals surface area (Å²) in [5, 5.41) is 12.5. The van der Waals surface area contributed by atoms with E-state index >= 15 is 0 Å². The Morgan fingerprint density at radius 2 is 2.25 bits per heavy atom. The number of hydrogen-bond acceptors (Lipinski definition) is 2. The summed E-state index contributed by atoms with van der Waals surface area (Å²) >= 11 is 5.60. The number of aromatic carboxylic acids is 1. The van der Waals surface area contributed by atoms with Gasteiger partial charge >= 0.3 is 5.97 Å². The predicted molar refractivity (Wildman–Crippen MR) is 55.5 cm³/mol. The first-order valence-electron chi connectivity index (χ1n) is 4.31. The molecule has 1 aromatic carbocycles. The second kappa shape index (κ2) is 3.94. The second-order valence-corrected chi connectivity index (χ2v) is 3.48. The van der Waals surface area contributed by atoms with Crippen LogP contribution in [-0.2, 0) is 0 Å². The molecule has 2 aromatic rings. The zero-order valence-corrected chi connectivity index (χ0v) is 8.65. The van der Waals surface area contributed by atoms with Crippen molar-refractivity contribution in [1.82, 2.24) is 9.78 Å². The molecule has 82 valence electrons. The molecule has 0 saturated carbocycles. The van der Waals surface area contributed by atoms with Gasteiger partial charge in [0.25, 0.3) is 0 Å². The molecule has 0 unspecified atom stereocenters. The van der Waals surface area contributed by atoms with Crippen molar-refractivity contribution in [2.24, 2.45) is 0 Å². The van der Waals surface area contributed by atoms with Crippen molar-refractivity contribution in [3.63, 3.8) is 0 Å². The van der Waals surface area contributed by atoms with Gasteiger partial charge in [-0.3, -0.25) is 0 Å². The normalized spacial score (nSPS) is 10.4. The van der Waals surface area contributed by atoms with Gasteiger partial charge in [-0.05, 0) is 18.2 Å². The van der Waals surface area contributed by atoms with E-state index in [2.05, 4.69) is 5.10 Å². The molecule has 6 heteroatoms. The van der Waals surface area contributed by atoms with Gasteiger partial charge in [0.15, 0.2) is 0 Å². The number of nitrogens with zero attached hydrogens (tertiary/aromatic N) is 2. The minimum atomic E-state index is -1.07. The summed E-state index contributed by atoms with van der Waals surface area (Å²) in [5.74, 6) is -1.60. The SMILES string of the molecule is O=C(O)c1cnn(-c2ccc(F)c(Cl)c2)c1. The maximum absolute atomic E-state index is 12.9. The summed E-state index contributed by atoms with van der Waals surface area (Å²) in [7, 11) is 0. The lowest BCUT2D eigenvalue weighted by atomic mass is 10.3. The average Bonchev–Trinajstić information content (AvgIpc) is 2.71. The average molecular weight is 241 g/mol. The minimum Gasteiger partial charge on any atom is -0.478 e. The van der Waals surface area contributed by atoms with Crippen molar-refractivity contribution in [3.8, 4) is 5.69 Å². The van der Waals surface area contributed by atoms with Crippen molar-refractivity contribution >= 4 is 17.6 Å². The lowest BCUT2D eigenvalue weighted by Gasteiger charge is -2.01. The van der Waals surface area contributed by atoms with Gasteiger partial charge < -0.3 is 5.11 Å². The van der Waals surface area contributed by atoms with Gasteiger partial charge in [-0.25, -0.2) is 13.9 Å². The Kier molecular flexibility index (Phi) is 2.62. The molecule has 0 spiro atoms. The van der Waals surface area contributed by atoms with Gasteiger partial charge in [0.1, 0.15) is 5.82 Å². The van der Waals surface area contributed by atoms with Gasteiger partial charge in [-0.2, -0.15) is 5.10 Å². The van der Waals surface area contributed by atoms with Crippen molar-refractivity contribution in [3.05, 3.63) is 47.0 Å². The predicted octanol–water partition coefficient (Wildman–Crippen LogP) is 2.36. The van der Waals surface area contributed by atoms with Crippen LogP contribution in [0, 0.1) is 5.82 Å². The lowest BCUT2D eigenvalue weighted by Crippen LogP contribution is -1.96. The molecule has 0 amide bonds. The molecule has 0 saturated heterocycles. The zero-order chi connectivity index (χ0) is 11.7. The number of carbonyl (C=O) groups is 1. The fourth-order valence-corrected chi connectivity index (χ4v) is 1.38. The molecule has 0 bridgehead atoms. The summed E-state index contributed by atoms with van der Waals surface area (Å²) in [6, 6.07) is 4.02. The maximum Gasteiger partial charge on any atom is 0.338 e. The number of halogens is 2. The molecule has 16 heavy (non-hydrogen) atoms. The molecule has 4 nitrogen and oxygen atoms in total. The largest absolute Gasteiger partial charge is 0.478 e. The highest BCUT2D eigenvalue weighted by Crippen LogP contribution is 2.18. The Hall–Kier alpha value is -1.88. The van der Waals surface area contributed by atoms with Crippen LogP contribution in [0.2, 0.25) is 5.02 Å². The Bertz CT molecular complexity index is 554. The molecule has 0 radical (unpaired) electrons. The van der Waals surface area contributed by atoms with Gasteiger partial charge in [0.2, 0.25) is 0 Å². The molecule has 1 heterocycles. The van der Waals surface area contributed by atoms with Crippen molar-refractivity contribution in [2.75, 3.05) is 0 Å². The monoisotopic (exact) mass is 240 g/mol. The molecule has 1 N–H and O–H groups in total. The number of carboxylic acid groups (broad SMARTS) is 1. The van der Waals surface area contributed by atoms with Gasteiger partial charge in [-0.15, -0.1) is 0 Å². The standard InChI is InChI=1S/C10H6ClFN2O2/c11-8-3-7(1-2-9(8)12)14-5-6(4-13-14)10(15)16/h1-5H,(H,15,16). The smallest absolute Gasteiger partial charge is 0.338 e. The van der Waals surface area contributed by atoms with Crippen LogP contribution in [0.1, 0.15) is 10.4 Å². The van der Waals surface area contributed by atoms with Crippen LogP contribution in [0.4, 0.5) is 4.39 Å². The fourth-order valence-electron chi connectivity index (χ4n) is 1.20. The van der Waals surface area contributed by atoms with E-state index in [1.807, 2.05) is 0 Å². The zero-order valence-electron chi connectivity index (χ0n) is 7.89. The Morgan fingerprint density at radius 3 is 2.81 bits per heavy atom. The van der Waals surface area contributed by atoms with Crippen molar-refractivity contribution < 1.29 is 14.3 Å². The second-order valence-electron chi connectivity index (χ2n) is 3.08. The van der Waals surface area contributed by atoms with E-state index in [4.69, 9.17) is 16.7 Å². The third kappa shape index (κ3) is 1.90. The minimum absolute atomic E-state index is 0.0372. The summed E-state index contributed by atoms with van der Waals surface area (Å²) in [6.45, 7) is 0. The summed E-state index contributed by atoms with van der Waals surface area (Å²) < 4.78 is 14.2. The molecule has 1 aromatic heterocycles. The topological polar surface area (TPSA) is 55.1 Å². The van der Waals surface area contributed by atoms with Crippen molar-refractivity contribution in [2.45, 2.75) is 0 Å². The van der Waals surface area contributed by atoms with E-state index in [1.54, 1.807) is 0 Å². The van der Waals surface area contributed by atoms with Crippen LogP contribution >= 0.6 is 11.6 Å². The van der Waals surface area contributed by atoms with Crippen molar-refractivity contribution in [1.29, 1.82) is 0 Å². The first-order valence-corrected chi connectivity index (χ1v) is 4.69. The Labute approximate surface area is 94.9 Å². The van der Waals surface area contributed by atoms with Crippen LogP contribution in [0.5, 0.6) is 0 Å². The first-order chi connectivity index (χ1) is 7.58. The number of hydrogen-bond donors (Lipinski definition) is 1. The number of rotatable bonds is 2. The van der Waals surface area contributed by atoms with E-state index < -0.39 is 11.8 Å². The van der Waals surface area contributed by atoms with Crippen LogP contribution in [-0.4, -0.2) is 20.9 Å². The quantitative estimate of drug-likeness (QED) is 0.877. The molecule has 0 aliphatic heterocycles. The number of carboxylic acids is 1. The molecule has 0 aliphatic carbocycles. The summed E-state index contributed by atoms with van der Waals surface area (Å²) in [5.41, 5.74) is 0.555. The summed E-state index contributed by atoms with van der Waals surface area (Å²) in [6.07, 6.45) is 2.53. The fraction of sp³-hybridized carbons (Fsp3) is 0. The molecule has 0 aliphatic rings. The van der Waals surface area contributed by atoms with Crippen LogP contribution in [0.3, 0.4) is 0 Å². The van der Waals surface area contributed by atoms with Crippen LogP contribution in [0.25, 0.3) is 5.69 Å². The van der Waals surface area contributed by atoms with E-state index in [0.717, 1.165) is 0 Å². The third-order valence-corrected chi connectivity index (χ3v) is 2.29. The van der Waals surface area contributed by atoms with Crippen LogP contribution < -0.4 is 0 Å². The number of aromatic nitrogens is 2. The number of benzene rings is 1. The summed E-state index contributed by atoms with van der Waals surface area (Å²) in [4.78, 5) is 10.6. The maximum atomic E-state index is 12.9. The van der Waals surface area contributed by atoms with E-state index in [1.165, 1.54) is 35.3 Å². The van der Waals surface area contributed by atoms with E-state index in [9.17, 15) is 9.18 Å². The highest BCUT2D eigenvalue weighted by molar-refractivity contribution is 6.30. The lowest BCUT2D eigenvalue weighted by molar-refractivity contribution is 0.0697. The molecular weight excluding hydrogens is 235 g/mol. The highest BCUT2D eigenvalue weighted by Gasteiger charge is 2.08. The Balaban J connectivity index is 2.42. The van der Waals surface area contributed by atoms with Gasteiger partial charge in [0.05, 0.1) is 22.5 Å².